The normalized spacial score (nSPS) is 11.4. The molecule has 0 saturated carbocycles. The number of carbonyl (C=O) groups is 1. The van der Waals surface area contributed by atoms with Crippen LogP contribution >= 0.6 is 22.9 Å². The molecule has 29 heavy (non-hydrogen) atoms. The first kappa shape index (κ1) is 19.4. The fourth-order valence-corrected chi connectivity index (χ4v) is 4.17. The molecule has 0 atom stereocenters. The number of nitrogens with zero attached hydrogens (tertiary/aromatic N) is 4. The lowest BCUT2D eigenvalue weighted by molar-refractivity contribution is -0.117. The predicted octanol–water partition coefficient (Wildman–Crippen LogP) is 2.96. The third kappa shape index (κ3) is 3.58. The second-order valence-electron chi connectivity index (χ2n) is 6.58. The number of aromatic nitrogens is 4. The van der Waals surface area contributed by atoms with Crippen LogP contribution in [0.4, 0.5) is 5.69 Å². The molecule has 3 aromatic heterocycles. The van der Waals surface area contributed by atoms with Crippen LogP contribution in [0.1, 0.15) is 19.8 Å². The van der Waals surface area contributed by atoms with Gasteiger partial charge in [-0.15, -0.1) is 16.4 Å². The van der Waals surface area contributed by atoms with Gasteiger partial charge in [-0.1, -0.05) is 31.0 Å². The minimum absolute atomic E-state index is 0.170. The number of thiophene rings is 1. The Kier molecular flexibility index (Phi) is 5.25. The summed E-state index contributed by atoms with van der Waals surface area (Å²) < 4.78 is 4.48. The summed E-state index contributed by atoms with van der Waals surface area (Å²) in [6.07, 6.45) is 1.68. The number of nitrogens with one attached hydrogen (secondary N) is 1. The van der Waals surface area contributed by atoms with E-state index in [2.05, 4.69) is 10.4 Å². The van der Waals surface area contributed by atoms with Crippen molar-refractivity contribution in [2.24, 2.45) is 0 Å². The Morgan fingerprint density at radius 1 is 1.28 bits per heavy atom. The highest BCUT2D eigenvalue weighted by Crippen LogP contribution is 2.18. The Labute approximate surface area is 174 Å². The summed E-state index contributed by atoms with van der Waals surface area (Å²) in [5.74, 6) is -0.170. The summed E-state index contributed by atoms with van der Waals surface area (Å²) >= 11 is 7.22. The van der Waals surface area contributed by atoms with Crippen LogP contribution in [0.2, 0.25) is 5.02 Å². The van der Waals surface area contributed by atoms with Crippen molar-refractivity contribution in [2.45, 2.75) is 32.9 Å². The number of unbranched alkanes of at least 4 members (excludes halogenated alkanes) is 1. The highest BCUT2D eigenvalue weighted by atomic mass is 35.5. The van der Waals surface area contributed by atoms with Gasteiger partial charge in [0, 0.05) is 17.3 Å². The van der Waals surface area contributed by atoms with Gasteiger partial charge >= 0.3 is 5.69 Å². The molecule has 1 aromatic carbocycles. The Hall–Kier alpha value is -2.91. The van der Waals surface area contributed by atoms with Crippen LogP contribution in [0.3, 0.4) is 0 Å². The van der Waals surface area contributed by atoms with Crippen LogP contribution < -0.4 is 16.6 Å². The Balaban J connectivity index is 1.76. The van der Waals surface area contributed by atoms with Gasteiger partial charge < -0.3 is 5.32 Å². The molecule has 0 aliphatic heterocycles. The molecule has 150 valence electrons. The van der Waals surface area contributed by atoms with Crippen LogP contribution in [0.5, 0.6) is 0 Å². The van der Waals surface area contributed by atoms with E-state index < -0.39 is 11.6 Å². The molecular formula is C19H18ClN5O3S. The summed E-state index contributed by atoms with van der Waals surface area (Å²) in [4.78, 5) is 38.2. The molecule has 0 unspecified atom stereocenters. The van der Waals surface area contributed by atoms with E-state index in [9.17, 15) is 14.4 Å². The second kappa shape index (κ2) is 7.84. The summed E-state index contributed by atoms with van der Waals surface area (Å²) in [6, 6.07) is 8.45. The first-order valence-corrected chi connectivity index (χ1v) is 10.4. The Bertz CT molecular complexity index is 1330. The largest absolute Gasteiger partial charge is 0.352 e. The summed E-state index contributed by atoms with van der Waals surface area (Å²) in [6.45, 7) is 2.20. The lowest BCUT2D eigenvalue weighted by atomic mass is 10.3. The summed E-state index contributed by atoms with van der Waals surface area (Å²) in [5.41, 5.74) is 0.403. The Morgan fingerprint density at radius 2 is 2.10 bits per heavy atom. The third-order valence-corrected chi connectivity index (χ3v) is 5.65. The number of halogens is 1. The van der Waals surface area contributed by atoms with Crippen molar-refractivity contribution < 1.29 is 4.79 Å². The number of fused-ring (bicyclic) bond motifs is 3. The minimum atomic E-state index is -0.463. The molecule has 0 saturated heterocycles. The van der Waals surface area contributed by atoms with E-state index in [0.717, 1.165) is 17.5 Å². The fraction of sp³-hybridized carbons (Fsp3) is 0.263. The van der Waals surface area contributed by atoms with E-state index in [1.165, 1.54) is 20.3 Å². The molecule has 0 fully saturated rings. The molecule has 1 amide bonds. The number of aryl methyl sites for hydroxylation is 1. The van der Waals surface area contributed by atoms with Gasteiger partial charge in [-0.2, -0.15) is 0 Å². The zero-order valence-electron chi connectivity index (χ0n) is 15.6. The van der Waals surface area contributed by atoms with E-state index in [1.807, 2.05) is 6.92 Å². The number of hydrogen-bond acceptors (Lipinski definition) is 5. The summed E-state index contributed by atoms with van der Waals surface area (Å²) in [5, 5.41) is 9.26. The fourth-order valence-electron chi connectivity index (χ4n) is 3.16. The van der Waals surface area contributed by atoms with Crippen LogP contribution in [0.15, 0.2) is 45.3 Å². The number of anilines is 1. The third-order valence-electron chi connectivity index (χ3n) is 4.53. The predicted molar refractivity (Wildman–Crippen MR) is 114 cm³/mol. The van der Waals surface area contributed by atoms with Gasteiger partial charge in [0.15, 0.2) is 0 Å². The molecular weight excluding hydrogens is 414 g/mol. The number of amides is 1. The first-order chi connectivity index (χ1) is 14.0. The van der Waals surface area contributed by atoms with Crippen LogP contribution in [0, 0.1) is 0 Å². The van der Waals surface area contributed by atoms with Crippen LogP contribution in [-0.4, -0.2) is 24.7 Å². The highest BCUT2D eigenvalue weighted by Gasteiger charge is 2.19. The molecule has 4 aromatic rings. The zero-order chi connectivity index (χ0) is 20.5. The van der Waals surface area contributed by atoms with Crippen molar-refractivity contribution in [1.82, 2.24) is 18.7 Å². The van der Waals surface area contributed by atoms with Crippen LogP contribution in [-0.2, 0) is 17.9 Å². The first-order valence-electron chi connectivity index (χ1n) is 9.14. The van der Waals surface area contributed by atoms with Crippen molar-refractivity contribution in [2.75, 3.05) is 5.32 Å². The molecule has 0 bridgehead atoms. The van der Waals surface area contributed by atoms with Crippen molar-refractivity contribution >= 4 is 50.5 Å². The monoisotopic (exact) mass is 431 g/mol. The van der Waals surface area contributed by atoms with E-state index in [0.29, 0.717) is 27.5 Å². The molecule has 0 radical (unpaired) electrons. The summed E-state index contributed by atoms with van der Waals surface area (Å²) in [7, 11) is 0. The topological polar surface area (TPSA) is 90.4 Å². The van der Waals surface area contributed by atoms with Gasteiger partial charge in [0.05, 0.1) is 5.52 Å². The van der Waals surface area contributed by atoms with Gasteiger partial charge in [0.1, 0.15) is 11.2 Å². The molecule has 1 N–H and O–H groups in total. The Morgan fingerprint density at radius 3 is 2.86 bits per heavy atom. The zero-order valence-corrected chi connectivity index (χ0v) is 17.2. The maximum Gasteiger partial charge on any atom is 0.352 e. The SMILES string of the molecule is CCCCn1c(=O)c2sccc2n2c(=O)n(CC(=O)Nc3cccc(Cl)c3)nc12. The minimum Gasteiger partial charge on any atom is -0.324 e. The van der Waals surface area contributed by atoms with E-state index in [4.69, 9.17) is 11.6 Å². The van der Waals surface area contributed by atoms with Crippen molar-refractivity contribution in [3.05, 3.63) is 61.6 Å². The average Bonchev–Trinajstić information content (AvgIpc) is 3.27. The second-order valence-corrected chi connectivity index (χ2v) is 7.93. The molecule has 0 aliphatic carbocycles. The lowest BCUT2D eigenvalue weighted by Gasteiger charge is -2.06. The standard InChI is InChI=1S/C19H18ClN5O3S/c1-2-3-8-23-17(27)16-14(7-9-29-16)25-18(23)22-24(19(25)28)11-15(26)21-13-6-4-5-12(20)10-13/h4-7,9-10H,2-3,8,11H2,1H3,(H,21,26). The maximum atomic E-state index is 13.0. The molecule has 0 spiro atoms. The molecule has 8 nitrogen and oxygen atoms in total. The van der Waals surface area contributed by atoms with Gasteiger partial charge in [-0.3, -0.25) is 14.2 Å². The van der Waals surface area contributed by atoms with E-state index >= 15 is 0 Å². The van der Waals surface area contributed by atoms with Gasteiger partial charge in [-0.25, -0.2) is 13.9 Å². The maximum absolute atomic E-state index is 13.0. The number of carbonyl (C=O) groups excluding carboxylic acids is 1. The quantitative estimate of drug-likeness (QED) is 0.508. The lowest BCUT2D eigenvalue weighted by Crippen LogP contribution is -2.29. The highest BCUT2D eigenvalue weighted by molar-refractivity contribution is 7.17. The van der Waals surface area contributed by atoms with Gasteiger partial charge in [0.25, 0.3) is 5.56 Å². The number of rotatable bonds is 6. The average molecular weight is 432 g/mol. The van der Waals surface area contributed by atoms with E-state index in [1.54, 1.807) is 35.7 Å². The smallest absolute Gasteiger partial charge is 0.324 e. The molecule has 0 aliphatic rings. The van der Waals surface area contributed by atoms with Gasteiger partial charge in [0.2, 0.25) is 11.7 Å². The van der Waals surface area contributed by atoms with Crippen molar-refractivity contribution in [3.8, 4) is 0 Å². The van der Waals surface area contributed by atoms with Crippen molar-refractivity contribution in [3.63, 3.8) is 0 Å². The molecule has 3 heterocycles. The van der Waals surface area contributed by atoms with Gasteiger partial charge in [-0.05, 0) is 36.1 Å². The van der Waals surface area contributed by atoms with Crippen molar-refractivity contribution in [1.29, 1.82) is 0 Å². The molecule has 10 heteroatoms. The molecule has 4 rings (SSSR count). The number of hydrogen-bond donors (Lipinski definition) is 1. The van der Waals surface area contributed by atoms with Crippen LogP contribution in [0.25, 0.3) is 16.0 Å². The number of benzene rings is 1. The van der Waals surface area contributed by atoms with E-state index in [-0.39, 0.29) is 17.9 Å².